The molecule has 0 amide bonds. The molecule has 1 fully saturated rings. The van der Waals surface area contributed by atoms with Crippen molar-refractivity contribution in [2.75, 3.05) is 40.1 Å². The third-order valence-electron chi connectivity index (χ3n) is 5.80. The zero-order chi connectivity index (χ0) is 22.8. The smallest absolute Gasteiger partial charge is 0.246 e. The van der Waals surface area contributed by atoms with Gasteiger partial charge < -0.3 is 10.1 Å². The van der Waals surface area contributed by atoms with Crippen molar-refractivity contribution in [3.05, 3.63) is 41.3 Å². The van der Waals surface area contributed by atoms with Crippen molar-refractivity contribution in [1.29, 1.82) is 0 Å². The van der Waals surface area contributed by atoms with Crippen LogP contribution in [0.3, 0.4) is 0 Å². The molecule has 1 aliphatic rings. The summed E-state index contributed by atoms with van der Waals surface area (Å²) in [5.74, 6) is 1.96. The molecule has 1 aromatic carbocycles. The lowest BCUT2D eigenvalue weighted by Gasteiger charge is -2.22. The molecule has 31 heavy (non-hydrogen) atoms. The number of likely N-dealkylation sites (tertiary alicyclic amines) is 1. The molecule has 2 aromatic rings. The highest BCUT2D eigenvalue weighted by Gasteiger charge is 2.28. The molecule has 170 valence electrons. The summed E-state index contributed by atoms with van der Waals surface area (Å²) in [6.45, 7) is 5.21. The summed E-state index contributed by atoms with van der Waals surface area (Å²) in [5, 5.41) is 3.07. The van der Waals surface area contributed by atoms with E-state index in [1.807, 2.05) is 19.9 Å². The predicted molar refractivity (Wildman–Crippen MR) is 122 cm³/mol. The molecule has 1 aromatic heterocycles. The molecule has 0 unspecified atom stereocenters. The number of hydrogen-bond donors (Lipinski definition) is 1. The molecule has 8 nitrogen and oxygen atoms in total. The summed E-state index contributed by atoms with van der Waals surface area (Å²) in [6.07, 6.45) is 2.10. The van der Waals surface area contributed by atoms with Crippen molar-refractivity contribution in [3.63, 3.8) is 0 Å². The molecular weight excluding hydrogens is 414 g/mol. The minimum absolute atomic E-state index is 0.137. The zero-order valence-corrected chi connectivity index (χ0v) is 20.0. The average molecular weight is 448 g/mol. The Morgan fingerprint density at radius 1 is 1.29 bits per heavy atom. The number of sulfonamides is 1. The molecule has 0 aliphatic carbocycles. The van der Waals surface area contributed by atoms with Gasteiger partial charge in [-0.25, -0.2) is 18.4 Å². The van der Waals surface area contributed by atoms with Crippen molar-refractivity contribution in [1.82, 2.24) is 19.2 Å². The van der Waals surface area contributed by atoms with Gasteiger partial charge in [0.2, 0.25) is 10.0 Å². The van der Waals surface area contributed by atoms with Gasteiger partial charge in [0.15, 0.2) is 0 Å². The molecule has 1 saturated heterocycles. The van der Waals surface area contributed by atoms with Crippen LogP contribution in [0.5, 0.6) is 5.75 Å². The lowest BCUT2D eigenvalue weighted by atomic mass is 10.0. The van der Waals surface area contributed by atoms with E-state index in [1.165, 1.54) is 11.4 Å². The Morgan fingerprint density at radius 3 is 2.61 bits per heavy atom. The van der Waals surface area contributed by atoms with Gasteiger partial charge in [-0.3, -0.25) is 4.90 Å². The second-order valence-electron chi connectivity index (χ2n) is 8.32. The number of rotatable bonds is 8. The summed E-state index contributed by atoms with van der Waals surface area (Å²) in [5.41, 5.74) is 1.60. The normalized spacial score (nSPS) is 17.5. The van der Waals surface area contributed by atoms with E-state index in [0.717, 1.165) is 30.8 Å². The van der Waals surface area contributed by atoms with E-state index in [0.29, 0.717) is 17.3 Å². The largest absolute Gasteiger partial charge is 0.495 e. The Bertz CT molecular complexity index is 1030. The Balaban J connectivity index is 1.93. The van der Waals surface area contributed by atoms with Crippen LogP contribution in [-0.2, 0) is 16.6 Å². The highest BCUT2D eigenvalue weighted by Crippen LogP contribution is 2.31. The Hall–Kier alpha value is -2.23. The SMILES string of the molecule is CNc1cc(CN(C)S(=O)(=O)c2cc(C(C)C)ccc2OC)nc([C@@H]2CCCN2C)n1. The first kappa shape index (κ1) is 23.4. The van der Waals surface area contributed by atoms with Crippen LogP contribution < -0.4 is 10.1 Å². The molecule has 1 atom stereocenters. The van der Waals surface area contributed by atoms with Crippen LogP contribution in [0.2, 0.25) is 0 Å². The quantitative estimate of drug-likeness (QED) is 0.665. The molecule has 1 aliphatic heterocycles. The number of anilines is 1. The highest BCUT2D eigenvalue weighted by atomic mass is 32.2. The lowest BCUT2D eigenvalue weighted by molar-refractivity contribution is 0.305. The second kappa shape index (κ2) is 9.50. The first-order valence-corrected chi connectivity index (χ1v) is 12.0. The molecular formula is C22H33N5O3S. The number of nitrogens with zero attached hydrogens (tertiary/aromatic N) is 4. The van der Waals surface area contributed by atoms with E-state index in [4.69, 9.17) is 9.72 Å². The van der Waals surface area contributed by atoms with Crippen LogP contribution in [0.4, 0.5) is 5.82 Å². The third kappa shape index (κ3) is 4.99. The second-order valence-corrected chi connectivity index (χ2v) is 10.3. The molecule has 0 bridgehead atoms. The predicted octanol–water partition coefficient (Wildman–Crippen LogP) is 3.24. The van der Waals surface area contributed by atoms with Crippen LogP contribution in [0.25, 0.3) is 0 Å². The van der Waals surface area contributed by atoms with E-state index in [9.17, 15) is 8.42 Å². The van der Waals surface area contributed by atoms with E-state index in [-0.39, 0.29) is 23.4 Å². The fourth-order valence-corrected chi connectivity index (χ4v) is 5.18. The summed E-state index contributed by atoms with van der Waals surface area (Å²) in [7, 11) is 3.14. The van der Waals surface area contributed by atoms with Gasteiger partial charge in [0.1, 0.15) is 22.3 Å². The minimum atomic E-state index is -3.78. The first-order chi connectivity index (χ1) is 14.7. The number of benzene rings is 1. The summed E-state index contributed by atoms with van der Waals surface area (Å²) < 4.78 is 33.5. The van der Waals surface area contributed by atoms with Crippen molar-refractivity contribution < 1.29 is 13.2 Å². The molecule has 3 rings (SSSR count). The van der Waals surface area contributed by atoms with Crippen molar-refractivity contribution >= 4 is 15.8 Å². The maximum atomic E-state index is 13.4. The van der Waals surface area contributed by atoms with Crippen molar-refractivity contribution in [2.24, 2.45) is 0 Å². The van der Waals surface area contributed by atoms with Crippen LogP contribution in [-0.4, -0.2) is 62.4 Å². The number of nitrogens with one attached hydrogen (secondary N) is 1. The van der Waals surface area contributed by atoms with Crippen LogP contribution in [0.1, 0.15) is 55.7 Å². The Kier molecular flexibility index (Phi) is 7.18. The van der Waals surface area contributed by atoms with Gasteiger partial charge in [0.25, 0.3) is 0 Å². The molecule has 0 radical (unpaired) electrons. The van der Waals surface area contributed by atoms with Crippen molar-refractivity contribution in [3.8, 4) is 5.75 Å². The van der Waals surface area contributed by atoms with Gasteiger partial charge in [0, 0.05) is 20.2 Å². The number of ether oxygens (including phenoxy) is 1. The summed E-state index contributed by atoms with van der Waals surface area (Å²) in [4.78, 5) is 11.7. The standard InChI is InChI=1S/C22H33N5O3S/c1-15(2)16-9-10-19(30-6)20(12-16)31(28,29)27(5)14-17-13-21(23-3)25-22(24-17)18-8-7-11-26(18)4/h9-10,12-13,15,18H,7-8,11,14H2,1-6H3,(H,23,24,25)/t18-/m0/s1. The number of hydrogen-bond acceptors (Lipinski definition) is 7. The van der Waals surface area contributed by atoms with Gasteiger partial charge in [-0.2, -0.15) is 4.31 Å². The monoisotopic (exact) mass is 447 g/mol. The topological polar surface area (TPSA) is 87.7 Å². The van der Waals surface area contributed by atoms with Gasteiger partial charge in [-0.15, -0.1) is 0 Å². The fourth-order valence-electron chi connectivity index (χ4n) is 3.85. The Labute approximate surface area is 185 Å². The Morgan fingerprint density at radius 2 is 2.03 bits per heavy atom. The van der Waals surface area contributed by atoms with E-state index < -0.39 is 10.0 Å². The van der Waals surface area contributed by atoms with Gasteiger partial charge in [-0.1, -0.05) is 19.9 Å². The highest BCUT2D eigenvalue weighted by molar-refractivity contribution is 7.89. The zero-order valence-electron chi connectivity index (χ0n) is 19.2. The van der Waals surface area contributed by atoms with Gasteiger partial charge >= 0.3 is 0 Å². The maximum absolute atomic E-state index is 13.4. The lowest BCUT2D eigenvalue weighted by Crippen LogP contribution is -2.28. The molecule has 1 N–H and O–H groups in total. The summed E-state index contributed by atoms with van der Waals surface area (Å²) in [6, 6.07) is 7.26. The van der Waals surface area contributed by atoms with Crippen LogP contribution in [0.15, 0.2) is 29.2 Å². The molecule has 0 saturated carbocycles. The maximum Gasteiger partial charge on any atom is 0.246 e. The van der Waals surface area contributed by atoms with E-state index in [1.54, 1.807) is 32.3 Å². The molecule has 9 heteroatoms. The van der Waals surface area contributed by atoms with E-state index >= 15 is 0 Å². The number of aromatic nitrogens is 2. The van der Waals surface area contributed by atoms with Gasteiger partial charge in [0.05, 0.1) is 25.4 Å². The number of methoxy groups -OCH3 is 1. The molecule has 0 spiro atoms. The van der Waals surface area contributed by atoms with Crippen LogP contribution in [0, 0.1) is 0 Å². The van der Waals surface area contributed by atoms with E-state index in [2.05, 4.69) is 22.2 Å². The average Bonchev–Trinajstić information content (AvgIpc) is 3.18. The van der Waals surface area contributed by atoms with Crippen molar-refractivity contribution in [2.45, 2.75) is 50.1 Å². The fraction of sp³-hybridized carbons (Fsp3) is 0.545. The minimum Gasteiger partial charge on any atom is -0.495 e. The third-order valence-corrected chi connectivity index (χ3v) is 7.62. The van der Waals surface area contributed by atoms with Gasteiger partial charge in [-0.05, 0) is 50.0 Å². The first-order valence-electron chi connectivity index (χ1n) is 10.6. The van der Waals surface area contributed by atoms with Crippen LogP contribution >= 0.6 is 0 Å². The summed E-state index contributed by atoms with van der Waals surface area (Å²) >= 11 is 0. The molecule has 2 heterocycles.